The average molecular weight is 327 g/mol. The molecule has 0 radical (unpaired) electrons. The lowest BCUT2D eigenvalue weighted by molar-refractivity contribution is 0.650. The Bertz CT molecular complexity index is 1050. The Morgan fingerprint density at radius 2 is 1.84 bits per heavy atom. The highest BCUT2D eigenvalue weighted by Gasteiger charge is 2.16. The second-order valence-electron chi connectivity index (χ2n) is 5.44. The van der Waals surface area contributed by atoms with Gasteiger partial charge in [-0.3, -0.25) is 0 Å². The Morgan fingerprint density at radius 3 is 2.60 bits per heavy atom. The molecular formula is C18H13N7. The third-order valence-corrected chi connectivity index (χ3v) is 3.86. The number of nitrogens with one attached hydrogen (secondary N) is 1. The Morgan fingerprint density at radius 1 is 1.04 bits per heavy atom. The van der Waals surface area contributed by atoms with Crippen molar-refractivity contribution in [2.45, 2.75) is 6.54 Å². The number of nitriles is 1. The van der Waals surface area contributed by atoms with Crippen LogP contribution in [0.1, 0.15) is 11.1 Å². The molecule has 0 amide bonds. The van der Waals surface area contributed by atoms with Crippen LogP contribution in [0, 0.1) is 11.3 Å². The van der Waals surface area contributed by atoms with Crippen molar-refractivity contribution in [1.29, 1.82) is 5.26 Å². The minimum Gasteiger partial charge on any atom is -0.339 e. The Kier molecular flexibility index (Phi) is 3.77. The van der Waals surface area contributed by atoms with E-state index in [1.54, 1.807) is 4.68 Å². The van der Waals surface area contributed by atoms with Crippen LogP contribution in [0.25, 0.3) is 10.9 Å². The molecule has 0 unspecified atom stereocenters. The fourth-order valence-corrected chi connectivity index (χ4v) is 2.73. The summed E-state index contributed by atoms with van der Waals surface area (Å²) in [5, 5.41) is 25.2. The van der Waals surface area contributed by atoms with Crippen LogP contribution in [0.3, 0.4) is 0 Å². The zero-order valence-electron chi connectivity index (χ0n) is 13.2. The van der Waals surface area contributed by atoms with Gasteiger partial charge < -0.3 is 5.32 Å². The molecule has 0 bridgehead atoms. The molecule has 0 saturated carbocycles. The molecule has 7 nitrogen and oxygen atoms in total. The standard InChI is InChI=1S/C18H13N7/c19-10-15-16(11-25-12-20-23-24-25)14-8-4-5-9-17(14)22-18(15)21-13-6-2-1-3-7-13/h1-9,12H,11H2,(H,21,22). The number of para-hydroxylation sites is 2. The van der Waals surface area contributed by atoms with Crippen LogP contribution < -0.4 is 5.32 Å². The molecule has 0 atom stereocenters. The monoisotopic (exact) mass is 327 g/mol. The number of tetrazole rings is 1. The van der Waals surface area contributed by atoms with E-state index >= 15 is 0 Å². The first kappa shape index (κ1) is 14.8. The summed E-state index contributed by atoms with van der Waals surface area (Å²) in [6.45, 7) is 0.391. The Labute approximate surface area is 143 Å². The molecule has 1 N–H and O–H groups in total. The van der Waals surface area contributed by atoms with E-state index in [0.29, 0.717) is 17.9 Å². The third kappa shape index (κ3) is 2.88. The summed E-state index contributed by atoms with van der Waals surface area (Å²) in [5.74, 6) is 0.524. The molecule has 0 aliphatic heterocycles. The third-order valence-electron chi connectivity index (χ3n) is 3.86. The van der Waals surface area contributed by atoms with Crippen molar-refractivity contribution in [3.63, 3.8) is 0 Å². The molecule has 2 heterocycles. The van der Waals surface area contributed by atoms with Crippen molar-refractivity contribution in [1.82, 2.24) is 25.2 Å². The van der Waals surface area contributed by atoms with E-state index in [1.807, 2.05) is 54.6 Å². The molecule has 7 heteroatoms. The van der Waals surface area contributed by atoms with E-state index in [4.69, 9.17) is 0 Å². The van der Waals surface area contributed by atoms with E-state index < -0.39 is 0 Å². The van der Waals surface area contributed by atoms with Crippen molar-refractivity contribution in [3.8, 4) is 6.07 Å². The number of fused-ring (bicyclic) bond motifs is 1. The highest BCUT2D eigenvalue weighted by Crippen LogP contribution is 2.28. The molecule has 0 aliphatic carbocycles. The van der Waals surface area contributed by atoms with Gasteiger partial charge in [0.1, 0.15) is 23.8 Å². The first-order valence-electron chi connectivity index (χ1n) is 7.70. The summed E-state index contributed by atoms with van der Waals surface area (Å²) >= 11 is 0. The van der Waals surface area contributed by atoms with Crippen LogP contribution in [0.5, 0.6) is 0 Å². The van der Waals surface area contributed by atoms with Crippen molar-refractivity contribution < 1.29 is 0 Å². The lowest BCUT2D eigenvalue weighted by Gasteiger charge is -2.14. The van der Waals surface area contributed by atoms with Gasteiger partial charge in [-0.25, -0.2) is 9.67 Å². The number of rotatable bonds is 4. The van der Waals surface area contributed by atoms with Gasteiger partial charge in [-0.1, -0.05) is 36.4 Å². The van der Waals surface area contributed by atoms with E-state index in [0.717, 1.165) is 22.2 Å². The minimum absolute atomic E-state index is 0.391. The van der Waals surface area contributed by atoms with Crippen LogP contribution in [-0.2, 0) is 6.54 Å². The van der Waals surface area contributed by atoms with E-state index in [1.165, 1.54) is 6.33 Å². The van der Waals surface area contributed by atoms with E-state index in [2.05, 4.69) is 31.9 Å². The van der Waals surface area contributed by atoms with Gasteiger partial charge in [0.2, 0.25) is 0 Å². The molecule has 2 aromatic heterocycles. The smallest absolute Gasteiger partial charge is 0.149 e. The second kappa shape index (κ2) is 6.37. The summed E-state index contributed by atoms with van der Waals surface area (Å²) < 4.78 is 1.59. The van der Waals surface area contributed by atoms with Crippen LogP contribution in [0.2, 0.25) is 0 Å². The van der Waals surface area contributed by atoms with E-state index in [-0.39, 0.29) is 0 Å². The fourth-order valence-electron chi connectivity index (χ4n) is 2.73. The van der Waals surface area contributed by atoms with E-state index in [9.17, 15) is 5.26 Å². The predicted molar refractivity (Wildman–Crippen MR) is 93.1 cm³/mol. The van der Waals surface area contributed by atoms with Crippen LogP contribution in [0.15, 0.2) is 60.9 Å². The predicted octanol–water partition coefficient (Wildman–Crippen LogP) is 2.88. The maximum absolute atomic E-state index is 9.77. The average Bonchev–Trinajstić information content (AvgIpc) is 3.16. The summed E-state index contributed by atoms with van der Waals surface area (Å²) in [4.78, 5) is 4.64. The zero-order valence-corrected chi connectivity index (χ0v) is 13.2. The molecule has 120 valence electrons. The van der Waals surface area contributed by atoms with Crippen LogP contribution >= 0.6 is 0 Å². The van der Waals surface area contributed by atoms with Gasteiger partial charge in [0.05, 0.1) is 12.1 Å². The second-order valence-corrected chi connectivity index (χ2v) is 5.44. The molecule has 0 spiro atoms. The highest BCUT2D eigenvalue weighted by atomic mass is 15.5. The van der Waals surface area contributed by atoms with Crippen molar-refractivity contribution in [2.75, 3.05) is 5.32 Å². The normalized spacial score (nSPS) is 10.5. The van der Waals surface area contributed by atoms with Crippen LogP contribution in [-0.4, -0.2) is 25.2 Å². The molecule has 0 saturated heterocycles. The molecule has 4 aromatic rings. The van der Waals surface area contributed by atoms with Gasteiger partial charge in [-0.05, 0) is 28.6 Å². The molecule has 0 aliphatic rings. The lowest BCUT2D eigenvalue weighted by Crippen LogP contribution is -2.07. The SMILES string of the molecule is N#Cc1c(Nc2ccccc2)nc2ccccc2c1Cn1cnnn1. The van der Waals surface area contributed by atoms with Crippen molar-refractivity contribution in [3.05, 3.63) is 72.1 Å². The molecule has 2 aromatic carbocycles. The Hall–Kier alpha value is -3.79. The number of pyridine rings is 1. The van der Waals surface area contributed by atoms with Gasteiger partial charge >= 0.3 is 0 Å². The first-order chi connectivity index (χ1) is 12.3. The van der Waals surface area contributed by atoms with Gasteiger partial charge in [0, 0.05) is 16.6 Å². The van der Waals surface area contributed by atoms with Crippen LogP contribution in [0.4, 0.5) is 11.5 Å². The number of nitrogens with zero attached hydrogens (tertiary/aromatic N) is 6. The van der Waals surface area contributed by atoms with Gasteiger partial charge in [0.15, 0.2) is 0 Å². The van der Waals surface area contributed by atoms with Crippen molar-refractivity contribution >= 4 is 22.4 Å². The van der Waals surface area contributed by atoms with Gasteiger partial charge in [0.25, 0.3) is 0 Å². The zero-order chi connectivity index (χ0) is 17.1. The molecular weight excluding hydrogens is 314 g/mol. The highest BCUT2D eigenvalue weighted by molar-refractivity contribution is 5.88. The number of benzene rings is 2. The number of hydrogen-bond acceptors (Lipinski definition) is 6. The summed E-state index contributed by atoms with van der Waals surface area (Å²) in [7, 11) is 0. The Balaban J connectivity index is 1.89. The summed E-state index contributed by atoms with van der Waals surface area (Å²) in [5.41, 5.74) is 3.00. The fraction of sp³-hybridized carbons (Fsp3) is 0.0556. The molecule has 4 rings (SSSR count). The number of aromatic nitrogens is 5. The molecule has 25 heavy (non-hydrogen) atoms. The minimum atomic E-state index is 0.391. The molecule has 0 fully saturated rings. The maximum Gasteiger partial charge on any atom is 0.149 e. The largest absolute Gasteiger partial charge is 0.339 e. The summed E-state index contributed by atoms with van der Waals surface area (Å²) in [6.07, 6.45) is 1.53. The lowest BCUT2D eigenvalue weighted by atomic mass is 10.0. The summed E-state index contributed by atoms with van der Waals surface area (Å²) in [6, 6.07) is 19.7. The number of hydrogen-bond donors (Lipinski definition) is 1. The maximum atomic E-state index is 9.77. The van der Waals surface area contributed by atoms with Gasteiger partial charge in [-0.15, -0.1) is 5.10 Å². The first-order valence-corrected chi connectivity index (χ1v) is 7.70. The van der Waals surface area contributed by atoms with Gasteiger partial charge in [-0.2, -0.15) is 5.26 Å². The van der Waals surface area contributed by atoms with Crippen molar-refractivity contribution in [2.24, 2.45) is 0 Å². The number of anilines is 2. The quantitative estimate of drug-likeness (QED) is 0.619. The topological polar surface area (TPSA) is 92.3 Å².